The number of morpholine rings is 1. The number of ether oxygens (including phenoxy) is 1. The molecule has 2 amide bonds. The van der Waals surface area contributed by atoms with Gasteiger partial charge in [-0.1, -0.05) is 0 Å². The highest BCUT2D eigenvalue weighted by atomic mass is 16.7. The molecule has 0 spiro atoms. The first kappa shape index (κ1) is 10.3. The van der Waals surface area contributed by atoms with Crippen molar-refractivity contribution in [1.82, 2.24) is 10.4 Å². The predicted molar refractivity (Wildman–Crippen MR) is 47.1 cm³/mol. The summed E-state index contributed by atoms with van der Waals surface area (Å²) in [5.74, 6) is 0. The van der Waals surface area contributed by atoms with Crippen LogP contribution in [0.15, 0.2) is 0 Å². The second kappa shape index (κ2) is 5.04. The summed E-state index contributed by atoms with van der Waals surface area (Å²) in [7, 11) is 0. The third-order valence-electron chi connectivity index (χ3n) is 1.93. The molecule has 1 unspecified atom stereocenters. The van der Waals surface area contributed by atoms with E-state index in [0.29, 0.717) is 26.4 Å². The molecule has 0 radical (unpaired) electrons. The molecule has 1 saturated heterocycles. The first-order chi connectivity index (χ1) is 6.25. The Hall–Kier alpha value is -0.810. The number of hydrogen-bond donors (Lipinski definition) is 1. The van der Waals surface area contributed by atoms with Gasteiger partial charge in [0.05, 0.1) is 25.9 Å². The lowest BCUT2D eigenvalue weighted by atomic mass is 10.3. The van der Waals surface area contributed by atoms with Crippen molar-refractivity contribution in [2.75, 3.05) is 26.4 Å². The van der Waals surface area contributed by atoms with Crippen molar-refractivity contribution >= 4 is 6.03 Å². The molecule has 1 fully saturated rings. The standard InChI is InChI=1S/C8H16N2O3/c1-3-13-9-8(11)10-4-5-12-6-7(10)2/h7H,3-6H2,1-2H3,(H,9,11). The fourth-order valence-electron chi connectivity index (χ4n) is 1.22. The van der Waals surface area contributed by atoms with Crippen LogP contribution < -0.4 is 5.48 Å². The minimum absolute atomic E-state index is 0.120. The van der Waals surface area contributed by atoms with Gasteiger partial charge in [-0.05, 0) is 13.8 Å². The molecule has 76 valence electrons. The maximum absolute atomic E-state index is 11.4. The second-order valence-corrected chi connectivity index (χ2v) is 2.96. The molecule has 13 heavy (non-hydrogen) atoms. The Kier molecular flexibility index (Phi) is 3.98. The minimum Gasteiger partial charge on any atom is -0.377 e. The van der Waals surface area contributed by atoms with E-state index in [9.17, 15) is 4.79 Å². The molecule has 1 heterocycles. The summed E-state index contributed by atoms with van der Waals surface area (Å²) >= 11 is 0. The summed E-state index contributed by atoms with van der Waals surface area (Å²) < 4.78 is 5.20. The zero-order valence-electron chi connectivity index (χ0n) is 8.08. The van der Waals surface area contributed by atoms with E-state index in [-0.39, 0.29) is 12.1 Å². The fourth-order valence-corrected chi connectivity index (χ4v) is 1.22. The van der Waals surface area contributed by atoms with Gasteiger partial charge in [0.25, 0.3) is 0 Å². The van der Waals surface area contributed by atoms with Gasteiger partial charge in [0.2, 0.25) is 0 Å². The average Bonchev–Trinajstić information content (AvgIpc) is 2.15. The van der Waals surface area contributed by atoms with Crippen LogP contribution in [0, 0.1) is 0 Å². The first-order valence-electron chi connectivity index (χ1n) is 4.52. The van der Waals surface area contributed by atoms with Crippen LogP contribution in [0.2, 0.25) is 0 Å². The Morgan fingerprint density at radius 1 is 1.77 bits per heavy atom. The van der Waals surface area contributed by atoms with E-state index in [1.165, 1.54) is 0 Å². The van der Waals surface area contributed by atoms with Gasteiger partial charge in [-0.3, -0.25) is 4.84 Å². The van der Waals surface area contributed by atoms with Crippen molar-refractivity contribution in [2.45, 2.75) is 19.9 Å². The molecule has 1 aliphatic rings. The number of hydroxylamine groups is 1. The Labute approximate surface area is 77.9 Å². The van der Waals surface area contributed by atoms with E-state index < -0.39 is 0 Å². The topological polar surface area (TPSA) is 50.8 Å². The lowest BCUT2D eigenvalue weighted by Crippen LogP contribution is -2.51. The number of nitrogens with one attached hydrogen (secondary N) is 1. The lowest BCUT2D eigenvalue weighted by Gasteiger charge is -2.32. The van der Waals surface area contributed by atoms with Crippen molar-refractivity contribution < 1.29 is 14.4 Å². The molecule has 5 heteroatoms. The first-order valence-corrected chi connectivity index (χ1v) is 4.52. The smallest absolute Gasteiger partial charge is 0.341 e. The van der Waals surface area contributed by atoms with Crippen LogP contribution in [0.3, 0.4) is 0 Å². The van der Waals surface area contributed by atoms with Gasteiger partial charge < -0.3 is 9.64 Å². The van der Waals surface area contributed by atoms with Gasteiger partial charge in [-0.2, -0.15) is 0 Å². The van der Waals surface area contributed by atoms with Crippen molar-refractivity contribution in [3.63, 3.8) is 0 Å². The molecule has 1 aliphatic heterocycles. The van der Waals surface area contributed by atoms with Crippen LogP contribution in [0.4, 0.5) is 4.79 Å². The molecule has 0 aliphatic carbocycles. The molecule has 1 atom stereocenters. The van der Waals surface area contributed by atoms with E-state index >= 15 is 0 Å². The minimum atomic E-state index is -0.183. The third-order valence-corrected chi connectivity index (χ3v) is 1.93. The highest BCUT2D eigenvalue weighted by Crippen LogP contribution is 2.05. The Morgan fingerprint density at radius 2 is 2.54 bits per heavy atom. The third kappa shape index (κ3) is 2.86. The summed E-state index contributed by atoms with van der Waals surface area (Å²) in [5.41, 5.74) is 2.36. The van der Waals surface area contributed by atoms with Crippen LogP contribution in [0.5, 0.6) is 0 Å². The number of carbonyl (C=O) groups excluding carboxylic acids is 1. The fraction of sp³-hybridized carbons (Fsp3) is 0.875. The number of amides is 2. The van der Waals surface area contributed by atoms with Crippen LogP contribution in [-0.2, 0) is 9.57 Å². The largest absolute Gasteiger partial charge is 0.377 e. The van der Waals surface area contributed by atoms with E-state index in [1.54, 1.807) is 4.90 Å². The van der Waals surface area contributed by atoms with E-state index in [1.807, 2.05) is 13.8 Å². The normalized spacial score (nSPS) is 22.9. The highest BCUT2D eigenvalue weighted by molar-refractivity contribution is 5.73. The zero-order valence-corrected chi connectivity index (χ0v) is 8.08. The lowest BCUT2D eigenvalue weighted by molar-refractivity contribution is -0.00182. The molecular formula is C8H16N2O3. The molecule has 0 aromatic carbocycles. The molecule has 5 nitrogen and oxygen atoms in total. The monoisotopic (exact) mass is 188 g/mol. The zero-order chi connectivity index (χ0) is 9.68. The van der Waals surface area contributed by atoms with Gasteiger partial charge in [0.1, 0.15) is 0 Å². The SMILES string of the molecule is CCONC(=O)N1CCOCC1C. The number of hydrogen-bond acceptors (Lipinski definition) is 3. The summed E-state index contributed by atoms with van der Waals surface area (Å²) in [4.78, 5) is 17.9. The maximum Gasteiger partial charge on any atom is 0.341 e. The molecular weight excluding hydrogens is 172 g/mol. The Bertz CT molecular complexity index is 175. The maximum atomic E-state index is 11.4. The number of rotatable bonds is 2. The molecule has 0 saturated carbocycles. The predicted octanol–water partition coefficient (Wildman–Crippen LogP) is 0.368. The second-order valence-electron chi connectivity index (χ2n) is 2.96. The van der Waals surface area contributed by atoms with Crippen LogP contribution in [0.25, 0.3) is 0 Å². The van der Waals surface area contributed by atoms with E-state index in [0.717, 1.165) is 0 Å². The van der Waals surface area contributed by atoms with Crippen LogP contribution in [-0.4, -0.2) is 43.3 Å². The molecule has 1 N–H and O–H groups in total. The molecule has 0 aromatic rings. The summed E-state index contributed by atoms with van der Waals surface area (Å²) in [6.45, 7) is 6.07. The van der Waals surface area contributed by atoms with Gasteiger partial charge in [-0.15, -0.1) is 0 Å². The van der Waals surface area contributed by atoms with E-state index in [4.69, 9.17) is 9.57 Å². The quantitative estimate of drug-likeness (QED) is 0.637. The van der Waals surface area contributed by atoms with Crippen molar-refractivity contribution in [3.8, 4) is 0 Å². The summed E-state index contributed by atoms with van der Waals surface area (Å²) in [6.07, 6.45) is 0. The van der Waals surface area contributed by atoms with Crippen molar-refractivity contribution in [3.05, 3.63) is 0 Å². The number of nitrogens with zero attached hydrogens (tertiary/aromatic N) is 1. The van der Waals surface area contributed by atoms with Crippen molar-refractivity contribution in [1.29, 1.82) is 0 Å². The summed E-state index contributed by atoms with van der Waals surface area (Å²) in [5, 5.41) is 0. The van der Waals surface area contributed by atoms with Crippen LogP contribution in [0.1, 0.15) is 13.8 Å². The van der Waals surface area contributed by atoms with E-state index in [2.05, 4.69) is 5.48 Å². The van der Waals surface area contributed by atoms with Crippen molar-refractivity contribution in [2.24, 2.45) is 0 Å². The molecule has 0 bridgehead atoms. The molecule has 1 rings (SSSR count). The average molecular weight is 188 g/mol. The highest BCUT2D eigenvalue weighted by Gasteiger charge is 2.23. The number of carbonyl (C=O) groups is 1. The van der Waals surface area contributed by atoms with Gasteiger partial charge in [-0.25, -0.2) is 10.3 Å². The Balaban J connectivity index is 2.35. The summed E-state index contributed by atoms with van der Waals surface area (Å²) in [6, 6.07) is -0.0631. The van der Waals surface area contributed by atoms with Gasteiger partial charge in [0.15, 0.2) is 0 Å². The van der Waals surface area contributed by atoms with Crippen LogP contribution >= 0.6 is 0 Å². The Morgan fingerprint density at radius 3 is 3.15 bits per heavy atom. The van der Waals surface area contributed by atoms with Gasteiger partial charge in [0, 0.05) is 6.54 Å². The number of urea groups is 1. The van der Waals surface area contributed by atoms with Gasteiger partial charge >= 0.3 is 6.03 Å². The molecule has 0 aromatic heterocycles.